The highest BCUT2D eigenvalue weighted by molar-refractivity contribution is 5.73. The molecule has 1 fully saturated rings. The Hall–Kier alpha value is -0.780. The van der Waals surface area contributed by atoms with E-state index in [0.717, 1.165) is 7.11 Å². The minimum Gasteiger partial charge on any atom is -0.469 e. The van der Waals surface area contributed by atoms with E-state index < -0.39 is 24.0 Å². The van der Waals surface area contributed by atoms with Crippen LogP contribution in [0.4, 0.5) is 13.2 Å². The van der Waals surface area contributed by atoms with Gasteiger partial charge in [0.1, 0.15) is 0 Å². The van der Waals surface area contributed by atoms with Crippen LogP contribution in [0.25, 0.3) is 0 Å². The molecule has 1 heterocycles. The van der Waals surface area contributed by atoms with Gasteiger partial charge in [0.2, 0.25) is 0 Å². The second kappa shape index (κ2) is 3.53. The molecule has 1 saturated heterocycles. The van der Waals surface area contributed by atoms with E-state index in [4.69, 9.17) is 0 Å². The summed E-state index contributed by atoms with van der Waals surface area (Å²) in [7, 11) is 1.09. The Morgan fingerprint density at radius 1 is 1.46 bits per heavy atom. The number of alkyl halides is 3. The number of ether oxygens (including phenoxy) is 1. The first-order chi connectivity index (χ1) is 5.96. The van der Waals surface area contributed by atoms with Gasteiger partial charge >= 0.3 is 12.1 Å². The molecule has 76 valence electrons. The maximum Gasteiger partial charge on any atom is 0.393 e. The van der Waals surface area contributed by atoms with E-state index in [1.807, 2.05) is 0 Å². The maximum atomic E-state index is 12.3. The summed E-state index contributed by atoms with van der Waals surface area (Å²) in [6, 6.07) is 0. The molecule has 0 aliphatic carbocycles. The smallest absolute Gasteiger partial charge is 0.393 e. The monoisotopic (exact) mass is 197 g/mol. The molecule has 1 N–H and O–H groups in total. The van der Waals surface area contributed by atoms with Gasteiger partial charge in [-0.2, -0.15) is 13.2 Å². The first-order valence-corrected chi connectivity index (χ1v) is 3.82. The highest BCUT2D eigenvalue weighted by atomic mass is 19.4. The van der Waals surface area contributed by atoms with Gasteiger partial charge in [0, 0.05) is 13.1 Å². The van der Waals surface area contributed by atoms with Crippen LogP contribution in [0.1, 0.15) is 0 Å². The number of nitrogens with one attached hydrogen (secondary N) is 1. The van der Waals surface area contributed by atoms with E-state index in [9.17, 15) is 18.0 Å². The van der Waals surface area contributed by atoms with E-state index in [1.54, 1.807) is 0 Å². The quantitative estimate of drug-likeness (QED) is 0.624. The second-order valence-corrected chi connectivity index (χ2v) is 2.94. The highest BCUT2D eigenvalue weighted by Crippen LogP contribution is 2.34. The highest BCUT2D eigenvalue weighted by Gasteiger charge is 2.50. The summed E-state index contributed by atoms with van der Waals surface area (Å²) in [5.74, 6) is -3.50. The molecular formula is C7H10F3NO2. The molecule has 3 nitrogen and oxygen atoms in total. The molecule has 0 aromatic heterocycles. The molecule has 0 saturated carbocycles. The Kier molecular flexibility index (Phi) is 2.80. The average Bonchev–Trinajstić information content (AvgIpc) is 2.49. The number of carbonyl (C=O) groups is 1. The van der Waals surface area contributed by atoms with Crippen molar-refractivity contribution < 1.29 is 22.7 Å². The van der Waals surface area contributed by atoms with Gasteiger partial charge in [0.15, 0.2) is 0 Å². The van der Waals surface area contributed by atoms with Crippen molar-refractivity contribution in [3.8, 4) is 0 Å². The third kappa shape index (κ3) is 2.12. The molecule has 6 heteroatoms. The zero-order chi connectivity index (χ0) is 10.1. The second-order valence-electron chi connectivity index (χ2n) is 2.94. The standard InChI is InChI=1S/C7H10F3NO2/c1-13-6(12)4-2-11-3-5(4)7(8,9)10/h4-5,11H,2-3H2,1H3/t4-,5+/m0/s1. The van der Waals surface area contributed by atoms with Crippen LogP contribution in [0.15, 0.2) is 0 Å². The predicted molar refractivity (Wildman–Crippen MR) is 37.9 cm³/mol. The number of methoxy groups -OCH3 is 1. The van der Waals surface area contributed by atoms with Gasteiger partial charge in [-0.25, -0.2) is 0 Å². The van der Waals surface area contributed by atoms with Crippen molar-refractivity contribution in [3.05, 3.63) is 0 Å². The fourth-order valence-corrected chi connectivity index (χ4v) is 1.42. The minimum atomic E-state index is -4.33. The fraction of sp³-hybridized carbons (Fsp3) is 0.857. The van der Waals surface area contributed by atoms with Crippen molar-refractivity contribution in [3.63, 3.8) is 0 Å². The Balaban J connectivity index is 2.70. The lowest BCUT2D eigenvalue weighted by atomic mass is 9.96. The Morgan fingerprint density at radius 2 is 2.08 bits per heavy atom. The molecule has 0 spiro atoms. The number of carbonyl (C=O) groups excluding carboxylic acids is 1. The van der Waals surface area contributed by atoms with Crippen molar-refractivity contribution in [1.29, 1.82) is 0 Å². The molecule has 0 amide bonds. The molecule has 0 aromatic carbocycles. The van der Waals surface area contributed by atoms with Crippen LogP contribution in [0.5, 0.6) is 0 Å². The SMILES string of the molecule is COC(=O)[C@H]1CNC[C@H]1C(F)(F)F. The van der Waals surface area contributed by atoms with E-state index in [2.05, 4.69) is 10.1 Å². The van der Waals surface area contributed by atoms with E-state index >= 15 is 0 Å². The van der Waals surface area contributed by atoms with Crippen LogP contribution in [0, 0.1) is 11.8 Å². The van der Waals surface area contributed by atoms with E-state index in [1.165, 1.54) is 0 Å². The topological polar surface area (TPSA) is 38.3 Å². The van der Waals surface area contributed by atoms with Gasteiger partial charge in [0.05, 0.1) is 18.9 Å². The normalized spacial score (nSPS) is 28.9. The minimum absolute atomic E-state index is 0.0385. The van der Waals surface area contributed by atoms with Crippen molar-refractivity contribution >= 4 is 5.97 Å². The molecule has 0 bridgehead atoms. The number of hydrogen-bond acceptors (Lipinski definition) is 3. The molecule has 0 aromatic rings. The summed E-state index contributed by atoms with van der Waals surface area (Å²) < 4.78 is 41.1. The summed E-state index contributed by atoms with van der Waals surface area (Å²) in [6.45, 7) is -0.167. The molecule has 1 rings (SSSR count). The number of hydrogen-bond donors (Lipinski definition) is 1. The van der Waals surface area contributed by atoms with Crippen LogP contribution in [0.3, 0.4) is 0 Å². The van der Waals surface area contributed by atoms with Crippen molar-refractivity contribution in [2.24, 2.45) is 11.8 Å². The fourth-order valence-electron chi connectivity index (χ4n) is 1.42. The summed E-state index contributed by atoms with van der Waals surface area (Å²) in [5, 5.41) is 2.52. The summed E-state index contributed by atoms with van der Waals surface area (Å²) in [6.07, 6.45) is -4.33. The lowest BCUT2D eigenvalue weighted by Gasteiger charge is -2.18. The van der Waals surface area contributed by atoms with Crippen molar-refractivity contribution in [2.45, 2.75) is 6.18 Å². The lowest BCUT2D eigenvalue weighted by molar-refractivity contribution is -0.188. The number of halogens is 3. The Morgan fingerprint density at radius 3 is 2.54 bits per heavy atom. The summed E-state index contributed by atoms with van der Waals surface area (Å²) in [4.78, 5) is 10.9. The van der Waals surface area contributed by atoms with E-state index in [0.29, 0.717) is 0 Å². The van der Waals surface area contributed by atoms with E-state index in [-0.39, 0.29) is 13.1 Å². The third-order valence-corrected chi connectivity index (χ3v) is 2.14. The zero-order valence-corrected chi connectivity index (χ0v) is 7.02. The average molecular weight is 197 g/mol. The number of rotatable bonds is 1. The van der Waals surface area contributed by atoms with Crippen molar-refractivity contribution in [2.75, 3.05) is 20.2 Å². The third-order valence-electron chi connectivity index (χ3n) is 2.14. The summed E-state index contributed by atoms with van der Waals surface area (Å²) in [5.41, 5.74) is 0. The van der Waals surface area contributed by atoms with Crippen molar-refractivity contribution in [1.82, 2.24) is 5.32 Å². The lowest BCUT2D eigenvalue weighted by Crippen LogP contribution is -2.34. The van der Waals surface area contributed by atoms with Gasteiger partial charge in [0.25, 0.3) is 0 Å². The zero-order valence-electron chi connectivity index (χ0n) is 7.02. The summed E-state index contributed by atoms with van der Waals surface area (Å²) >= 11 is 0. The molecule has 2 atom stereocenters. The molecular weight excluding hydrogens is 187 g/mol. The largest absolute Gasteiger partial charge is 0.469 e. The Labute approximate surface area is 73.2 Å². The van der Waals surface area contributed by atoms with Gasteiger partial charge in [-0.15, -0.1) is 0 Å². The maximum absolute atomic E-state index is 12.3. The van der Waals surface area contributed by atoms with Crippen LogP contribution < -0.4 is 5.32 Å². The molecule has 0 unspecified atom stereocenters. The molecule has 1 aliphatic rings. The molecule has 0 radical (unpaired) electrons. The van der Waals surface area contributed by atoms with Gasteiger partial charge in [-0.1, -0.05) is 0 Å². The van der Waals surface area contributed by atoms with Gasteiger partial charge < -0.3 is 10.1 Å². The number of esters is 1. The van der Waals surface area contributed by atoms with Crippen LogP contribution in [-0.4, -0.2) is 32.3 Å². The first kappa shape index (κ1) is 10.3. The molecule has 13 heavy (non-hydrogen) atoms. The van der Waals surface area contributed by atoms with Gasteiger partial charge in [-0.3, -0.25) is 4.79 Å². The predicted octanol–water partition coefficient (Wildman–Crippen LogP) is 0.557. The van der Waals surface area contributed by atoms with Crippen LogP contribution >= 0.6 is 0 Å². The van der Waals surface area contributed by atoms with Crippen LogP contribution in [0.2, 0.25) is 0 Å². The Bertz CT molecular complexity index is 204. The van der Waals surface area contributed by atoms with Gasteiger partial charge in [-0.05, 0) is 0 Å². The molecule has 1 aliphatic heterocycles. The van der Waals surface area contributed by atoms with Crippen LogP contribution in [-0.2, 0) is 9.53 Å². The first-order valence-electron chi connectivity index (χ1n) is 3.82.